The first-order valence-corrected chi connectivity index (χ1v) is 14.2. The van der Waals surface area contributed by atoms with Crippen LogP contribution in [-0.4, -0.2) is 78.2 Å². The van der Waals surface area contributed by atoms with Gasteiger partial charge in [0.05, 0.1) is 12.5 Å². The van der Waals surface area contributed by atoms with Crippen LogP contribution in [0.25, 0.3) is 12.2 Å². The van der Waals surface area contributed by atoms with Crippen LogP contribution in [0, 0.1) is 0 Å². The van der Waals surface area contributed by atoms with Crippen molar-refractivity contribution in [1.29, 1.82) is 0 Å². The van der Waals surface area contributed by atoms with Gasteiger partial charge in [0, 0.05) is 11.6 Å². The first kappa shape index (κ1) is 30.3. The van der Waals surface area contributed by atoms with Crippen molar-refractivity contribution >= 4 is 12.2 Å². The van der Waals surface area contributed by atoms with Crippen LogP contribution in [0.15, 0.2) is 78.9 Å². The lowest BCUT2D eigenvalue weighted by Crippen LogP contribution is -2.60. The van der Waals surface area contributed by atoms with Crippen LogP contribution in [-0.2, 0) is 4.74 Å². The zero-order valence-electron chi connectivity index (χ0n) is 23.7. The molecule has 45 heavy (non-hydrogen) atoms. The molecule has 4 aromatic carbocycles. The molecule has 0 aliphatic carbocycles. The second-order valence-electron chi connectivity index (χ2n) is 11.1. The Kier molecular flexibility index (Phi) is 8.28. The number of benzene rings is 4. The van der Waals surface area contributed by atoms with Crippen LogP contribution in [0.4, 0.5) is 0 Å². The molecule has 4 aromatic rings. The number of aliphatic hydroxyl groups is 4. The van der Waals surface area contributed by atoms with E-state index in [4.69, 9.17) is 14.2 Å². The smallest absolute Gasteiger partial charge is 0.229 e. The van der Waals surface area contributed by atoms with Crippen LogP contribution < -0.4 is 9.47 Å². The summed E-state index contributed by atoms with van der Waals surface area (Å²) in [7, 11) is 0. The first-order valence-electron chi connectivity index (χ1n) is 14.2. The fourth-order valence-electron chi connectivity index (χ4n) is 5.71. The quantitative estimate of drug-likeness (QED) is 0.142. The number of fused-ring (bicyclic) bond motifs is 1. The standard InChI is InChI=1S/C34H32O11/c35-16-27-30(40)31(41)32(42)34(45-27)43-24-9-3-17(4-10-24)1-2-18-11-25(39)29-26(12-18)44-33(19-5-7-21(36)8-6-19)28(29)20-13-22(37)15-23(38)14-20/h1-15,27-28,30-42H,16H2/b2-1+/t27-,28+,30-,31+,32-,33-,34-/m1/s1. The normalized spacial score (nSPS) is 26.0. The second kappa shape index (κ2) is 12.3. The highest BCUT2D eigenvalue weighted by molar-refractivity contribution is 5.73. The van der Waals surface area contributed by atoms with Gasteiger partial charge in [-0.2, -0.15) is 0 Å². The highest BCUT2D eigenvalue weighted by Crippen LogP contribution is 2.54. The lowest BCUT2D eigenvalue weighted by molar-refractivity contribution is -0.277. The lowest BCUT2D eigenvalue weighted by Gasteiger charge is -2.39. The van der Waals surface area contributed by atoms with E-state index >= 15 is 0 Å². The Morgan fingerprint density at radius 3 is 2.00 bits per heavy atom. The summed E-state index contributed by atoms with van der Waals surface area (Å²) in [4.78, 5) is 0. The Labute approximate surface area is 257 Å². The van der Waals surface area contributed by atoms with Crippen molar-refractivity contribution in [1.82, 2.24) is 0 Å². The molecule has 0 unspecified atom stereocenters. The maximum atomic E-state index is 11.2. The molecular formula is C34H32O11. The van der Waals surface area contributed by atoms with E-state index in [2.05, 4.69) is 0 Å². The molecule has 6 rings (SSSR count). The molecule has 0 spiro atoms. The summed E-state index contributed by atoms with van der Waals surface area (Å²) in [6.45, 7) is -0.560. The molecule has 2 aliphatic rings. The third kappa shape index (κ3) is 6.12. The molecule has 2 aliphatic heterocycles. The van der Waals surface area contributed by atoms with Gasteiger partial charge in [0.2, 0.25) is 6.29 Å². The Morgan fingerprint density at radius 2 is 1.33 bits per heavy atom. The van der Waals surface area contributed by atoms with E-state index < -0.39 is 49.3 Å². The summed E-state index contributed by atoms with van der Waals surface area (Å²) in [5, 5.41) is 80.9. The Balaban J connectivity index is 1.23. The maximum absolute atomic E-state index is 11.2. The summed E-state index contributed by atoms with van der Waals surface area (Å²) in [6.07, 6.45) is -3.97. The second-order valence-corrected chi connectivity index (χ2v) is 11.1. The minimum absolute atomic E-state index is 0.0375. The van der Waals surface area contributed by atoms with Gasteiger partial charge in [-0.3, -0.25) is 0 Å². The van der Waals surface area contributed by atoms with Gasteiger partial charge in [-0.15, -0.1) is 0 Å². The number of aliphatic hydroxyl groups excluding tert-OH is 4. The molecule has 0 amide bonds. The molecule has 0 bridgehead atoms. The molecule has 1 fully saturated rings. The largest absolute Gasteiger partial charge is 0.508 e. The van der Waals surface area contributed by atoms with Crippen LogP contribution in [0.2, 0.25) is 0 Å². The Hall–Kier alpha value is -4.78. The zero-order valence-corrected chi connectivity index (χ0v) is 23.7. The zero-order chi connectivity index (χ0) is 31.8. The van der Waals surface area contributed by atoms with Gasteiger partial charge in [-0.05, 0) is 70.8 Å². The average Bonchev–Trinajstić information content (AvgIpc) is 3.41. The lowest BCUT2D eigenvalue weighted by atomic mass is 9.84. The molecule has 0 aromatic heterocycles. The Bertz CT molecular complexity index is 1660. The fourth-order valence-corrected chi connectivity index (χ4v) is 5.71. The number of aromatic hydroxyl groups is 4. The van der Waals surface area contributed by atoms with Crippen LogP contribution in [0.1, 0.15) is 39.8 Å². The molecule has 0 saturated carbocycles. The SMILES string of the molecule is OC[C@H]1O[C@@H](Oc2ccc(/C=C/c3cc(O)c4c(c3)O[C@H](c3ccc(O)cc3)[C@H]4c3cc(O)cc(O)c3)cc2)[C@H](O)[C@@H](O)[C@@H]1O. The van der Waals surface area contributed by atoms with Gasteiger partial charge < -0.3 is 55.1 Å². The highest BCUT2D eigenvalue weighted by atomic mass is 16.7. The Morgan fingerprint density at radius 1 is 0.667 bits per heavy atom. The number of phenolic OH excluding ortho intramolecular Hbond substituents is 4. The van der Waals surface area contributed by atoms with Crippen molar-refractivity contribution in [2.24, 2.45) is 0 Å². The number of ether oxygens (including phenoxy) is 3. The molecule has 0 radical (unpaired) electrons. The molecule has 11 nitrogen and oxygen atoms in total. The number of rotatable bonds is 7. The van der Waals surface area contributed by atoms with E-state index in [1.165, 1.54) is 30.3 Å². The van der Waals surface area contributed by atoms with Gasteiger partial charge in [-0.1, -0.05) is 36.4 Å². The van der Waals surface area contributed by atoms with Gasteiger partial charge >= 0.3 is 0 Å². The number of hydrogen-bond acceptors (Lipinski definition) is 11. The predicted octanol–water partition coefficient (Wildman–Crippen LogP) is 3.12. The minimum Gasteiger partial charge on any atom is -0.508 e. The van der Waals surface area contributed by atoms with Crippen molar-refractivity contribution in [3.63, 3.8) is 0 Å². The van der Waals surface area contributed by atoms with Crippen LogP contribution >= 0.6 is 0 Å². The molecule has 11 heteroatoms. The van der Waals surface area contributed by atoms with Gasteiger partial charge in [-0.25, -0.2) is 0 Å². The highest BCUT2D eigenvalue weighted by Gasteiger charge is 2.45. The van der Waals surface area contributed by atoms with Crippen molar-refractivity contribution in [2.45, 2.75) is 42.7 Å². The van der Waals surface area contributed by atoms with E-state index in [0.29, 0.717) is 28.2 Å². The summed E-state index contributed by atoms with van der Waals surface area (Å²) in [6, 6.07) is 20.8. The van der Waals surface area contributed by atoms with Crippen LogP contribution in [0.3, 0.4) is 0 Å². The number of hydrogen-bond donors (Lipinski definition) is 8. The first-order chi connectivity index (χ1) is 21.6. The average molecular weight is 617 g/mol. The summed E-state index contributed by atoms with van der Waals surface area (Å²) >= 11 is 0. The topological polar surface area (TPSA) is 190 Å². The molecular weight excluding hydrogens is 584 g/mol. The van der Waals surface area contributed by atoms with Crippen LogP contribution in [0.5, 0.6) is 34.5 Å². The van der Waals surface area contributed by atoms with E-state index in [9.17, 15) is 40.9 Å². The van der Waals surface area contributed by atoms with Crippen molar-refractivity contribution < 1.29 is 55.1 Å². The van der Waals surface area contributed by atoms with Gasteiger partial charge in [0.15, 0.2) is 0 Å². The van der Waals surface area contributed by atoms with Gasteiger partial charge in [0.25, 0.3) is 0 Å². The van der Waals surface area contributed by atoms with Gasteiger partial charge in [0.1, 0.15) is 65.0 Å². The summed E-state index contributed by atoms with van der Waals surface area (Å²) in [5.41, 5.74) is 3.15. The molecule has 7 atom stereocenters. The fraction of sp³-hybridized carbons (Fsp3) is 0.235. The predicted molar refractivity (Wildman–Crippen MR) is 161 cm³/mol. The maximum Gasteiger partial charge on any atom is 0.229 e. The summed E-state index contributed by atoms with van der Waals surface area (Å²) in [5.74, 6) is -0.0442. The van der Waals surface area contributed by atoms with E-state index in [0.717, 1.165) is 11.1 Å². The third-order valence-electron chi connectivity index (χ3n) is 7.96. The molecule has 234 valence electrons. The van der Waals surface area contributed by atoms with E-state index in [-0.39, 0.29) is 23.0 Å². The minimum atomic E-state index is -1.55. The molecule has 1 saturated heterocycles. The molecule has 2 heterocycles. The van der Waals surface area contributed by atoms with Crippen molar-refractivity contribution in [3.05, 3.63) is 107 Å². The monoisotopic (exact) mass is 616 g/mol. The third-order valence-corrected chi connectivity index (χ3v) is 7.96. The van der Waals surface area contributed by atoms with E-state index in [1.807, 2.05) is 0 Å². The van der Waals surface area contributed by atoms with Crippen molar-refractivity contribution in [2.75, 3.05) is 6.61 Å². The molecule has 8 N–H and O–H groups in total. The number of phenols is 4. The van der Waals surface area contributed by atoms with Crippen molar-refractivity contribution in [3.8, 4) is 34.5 Å². The summed E-state index contributed by atoms with van der Waals surface area (Å²) < 4.78 is 17.4. The van der Waals surface area contributed by atoms with E-state index in [1.54, 1.807) is 60.7 Å².